The molecule has 2 N–H and O–H groups in total. The summed E-state index contributed by atoms with van der Waals surface area (Å²) in [5.74, 6) is 0.298. The summed E-state index contributed by atoms with van der Waals surface area (Å²) in [6.07, 6.45) is 1.72. The summed E-state index contributed by atoms with van der Waals surface area (Å²) in [6.45, 7) is 0. The van der Waals surface area contributed by atoms with Crippen LogP contribution in [0.5, 0.6) is 0 Å². The van der Waals surface area contributed by atoms with Crippen molar-refractivity contribution in [1.82, 2.24) is 10.1 Å². The largest absolute Gasteiger partial charge is 0.367 e. The van der Waals surface area contributed by atoms with Crippen molar-refractivity contribution in [2.75, 3.05) is 5.73 Å². The van der Waals surface area contributed by atoms with Gasteiger partial charge in [0.2, 0.25) is 5.88 Å². The Kier molecular flexibility index (Phi) is 2.38. The molecule has 5 heteroatoms. The molecule has 4 nitrogen and oxygen atoms in total. The van der Waals surface area contributed by atoms with Gasteiger partial charge >= 0.3 is 0 Å². The summed E-state index contributed by atoms with van der Waals surface area (Å²) in [4.78, 5) is 5.30. The third-order valence-corrected chi connectivity index (χ3v) is 3.27. The van der Waals surface area contributed by atoms with E-state index in [1.807, 2.05) is 35.7 Å². The molecule has 0 fully saturated rings. The third-order valence-electron chi connectivity index (χ3n) is 2.39. The van der Waals surface area contributed by atoms with E-state index >= 15 is 0 Å². The number of anilines is 1. The van der Waals surface area contributed by atoms with Crippen LogP contribution in [0.1, 0.15) is 0 Å². The maximum Gasteiger partial charge on any atom is 0.232 e. The van der Waals surface area contributed by atoms with E-state index in [1.54, 1.807) is 17.5 Å². The van der Waals surface area contributed by atoms with Gasteiger partial charge in [-0.1, -0.05) is 17.3 Å². The van der Waals surface area contributed by atoms with Crippen molar-refractivity contribution >= 4 is 17.2 Å². The van der Waals surface area contributed by atoms with Crippen LogP contribution in [-0.2, 0) is 0 Å². The van der Waals surface area contributed by atoms with Crippen molar-refractivity contribution in [1.29, 1.82) is 0 Å². The van der Waals surface area contributed by atoms with Crippen LogP contribution in [-0.4, -0.2) is 10.1 Å². The fourth-order valence-corrected chi connectivity index (χ4v) is 2.35. The van der Waals surface area contributed by atoms with Gasteiger partial charge in [0.25, 0.3) is 0 Å². The summed E-state index contributed by atoms with van der Waals surface area (Å²) >= 11 is 1.59. The zero-order valence-corrected chi connectivity index (χ0v) is 9.65. The molecule has 0 unspecified atom stereocenters. The first kappa shape index (κ1) is 10.0. The van der Waals surface area contributed by atoms with E-state index in [0.29, 0.717) is 5.88 Å². The fourth-order valence-electron chi connectivity index (χ4n) is 1.64. The summed E-state index contributed by atoms with van der Waals surface area (Å²) in [7, 11) is 0. The van der Waals surface area contributed by atoms with Crippen LogP contribution < -0.4 is 5.73 Å². The van der Waals surface area contributed by atoms with E-state index in [-0.39, 0.29) is 0 Å². The highest BCUT2D eigenvalue weighted by Crippen LogP contribution is 2.36. The lowest BCUT2D eigenvalue weighted by molar-refractivity contribution is 0.439. The van der Waals surface area contributed by atoms with E-state index in [4.69, 9.17) is 10.3 Å². The predicted molar refractivity (Wildman–Crippen MR) is 67.5 cm³/mol. The third kappa shape index (κ3) is 1.70. The molecule has 3 aromatic rings. The van der Waals surface area contributed by atoms with Gasteiger partial charge in [0.1, 0.15) is 5.69 Å². The number of hydrogen-bond donors (Lipinski definition) is 1. The lowest BCUT2D eigenvalue weighted by Crippen LogP contribution is -1.88. The van der Waals surface area contributed by atoms with Gasteiger partial charge in [-0.25, -0.2) is 0 Å². The van der Waals surface area contributed by atoms with Crippen LogP contribution in [0.15, 0.2) is 46.4 Å². The number of nitrogen functional groups attached to an aromatic ring is 1. The fraction of sp³-hybridized carbons (Fsp3) is 0. The van der Waals surface area contributed by atoms with Gasteiger partial charge in [-0.15, -0.1) is 11.3 Å². The van der Waals surface area contributed by atoms with Crippen molar-refractivity contribution in [3.05, 3.63) is 41.9 Å². The predicted octanol–water partition coefficient (Wildman–Crippen LogP) is 3.05. The second kappa shape index (κ2) is 4.03. The van der Waals surface area contributed by atoms with E-state index in [9.17, 15) is 0 Å². The highest BCUT2D eigenvalue weighted by Gasteiger charge is 2.18. The molecular formula is C12H9N3OS. The van der Waals surface area contributed by atoms with Crippen LogP contribution in [0.4, 0.5) is 5.88 Å². The summed E-state index contributed by atoms with van der Waals surface area (Å²) in [5, 5.41) is 5.99. The first-order valence-corrected chi connectivity index (χ1v) is 5.94. The number of aromatic nitrogens is 2. The molecule has 3 rings (SSSR count). The second-order valence-corrected chi connectivity index (χ2v) is 4.41. The quantitative estimate of drug-likeness (QED) is 0.751. The van der Waals surface area contributed by atoms with Crippen LogP contribution in [0.3, 0.4) is 0 Å². The van der Waals surface area contributed by atoms with E-state index < -0.39 is 0 Å². The smallest absolute Gasteiger partial charge is 0.232 e. The van der Waals surface area contributed by atoms with Crippen molar-refractivity contribution in [3.63, 3.8) is 0 Å². The van der Waals surface area contributed by atoms with Crippen LogP contribution in [0.2, 0.25) is 0 Å². The summed E-state index contributed by atoms with van der Waals surface area (Å²) in [5.41, 5.74) is 8.09. The van der Waals surface area contributed by atoms with Crippen molar-refractivity contribution in [2.24, 2.45) is 0 Å². The molecule has 0 bridgehead atoms. The SMILES string of the molecule is Nc1onc(-c2cccs2)c1-c1ccccn1. The molecule has 0 aliphatic heterocycles. The van der Waals surface area contributed by atoms with Gasteiger partial charge < -0.3 is 10.3 Å². The van der Waals surface area contributed by atoms with Gasteiger partial charge in [-0.2, -0.15) is 0 Å². The molecule has 84 valence electrons. The van der Waals surface area contributed by atoms with Crippen LogP contribution in [0, 0.1) is 0 Å². The molecular weight excluding hydrogens is 234 g/mol. The minimum Gasteiger partial charge on any atom is -0.367 e. The Bertz CT molecular complexity index is 617. The van der Waals surface area contributed by atoms with E-state index in [2.05, 4.69) is 10.1 Å². The number of rotatable bonds is 2. The Morgan fingerprint density at radius 2 is 2.12 bits per heavy atom. The zero-order valence-electron chi connectivity index (χ0n) is 8.83. The monoisotopic (exact) mass is 243 g/mol. The highest BCUT2D eigenvalue weighted by atomic mass is 32.1. The molecule has 0 amide bonds. The Morgan fingerprint density at radius 1 is 1.18 bits per heavy atom. The minimum absolute atomic E-state index is 0.298. The van der Waals surface area contributed by atoms with E-state index in [1.165, 1.54) is 0 Å². The molecule has 3 heterocycles. The minimum atomic E-state index is 0.298. The van der Waals surface area contributed by atoms with Gasteiger partial charge in [0.15, 0.2) is 0 Å². The van der Waals surface area contributed by atoms with Crippen molar-refractivity contribution in [2.45, 2.75) is 0 Å². The Morgan fingerprint density at radius 3 is 2.82 bits per heavy atom. The van der Waals surface area contributed by atoms with E-state index in [0.717, 1.165) is 21.8 Å². The van der Waals surface area contributed by atoms with Gasteiger partial charge in [0.05, 0.1) is 16.1 Å². The van der Waals surface area contributed by atoms with Crippen LogP contribution in [0.25, 0.3) is 21.8 Å². The van der Waals surface area contributed by atoms with Gasteiger partial charge in [0, 0.05) is 6.20 Å². The molecule has 0 spiro atoms. The van der Waals surface area contributed by atoms with Gasteiger partial charge in [-0.3, -0.25) is 4.98 Å². The Labute approximate surface area is 102 Å². The molecule has 0 atom stereocenters. The molecule has 0 saturated carbocycles. The molecule has 17 heavy (non-hydrogen) atoms. The number of nitrogens with two attached hydrogens (primary N) is 1. The molecule has 0 radical (unpaired) electrons. The number of thiophene rings is 1. The maximum atomic E-state index is 5.81. The first-order valence-electron chi connectivity index (χ1n) is 5.06. The summed E-state index contributed by atoms with van der Waals surface area (Å²) < 4.78 is 5.07. The summed E-state index contributed by atoms with van der Waals surface area (Å²) in [6, 6.07) is 9.60. The first-order chi connectivity index (χ1) is 8.36. The zero-order chi connectivity index (χ0) is 11.7. The number of nitrogens with zero attached hydrogens (tertiary/aromatic N) is 2. The second-order valence-electron chi connectivity index (χ2n) is 3.46. The number of pyridine rings is 1. The highest BCUT2D eigenvalue weighted by molar-refractivity contribution is 7.13. The molecule has 3 aromatic heterocycles. The standard InChI is InChI=1S/C12H9N3OS/c13-12-10(8-4-1-2-6-14-8)11(15-16-12)9-5-3-7-17-9/h1-7H,13H2. The topological polar surface area (TPSA) is 64.9 Å². The maximum absolute atomic E-state index is 5.81. The lowest BCUT2D eigenvalue weighted by Gasteiger charge is -1.99. The Balaban J connectivity index is 2.20. The van der Waals surface area contributed by atoms with Crippen molar-refractivity contribution in [3.8, 4) is 21.8 Å². The number of hydrogen-bond acceptors (Lipinski definition) is 5. The molecule has 0 aliphatic rings. The molecule has 0 aliphatic carbocycles. The Hall–Kier alpha value is -2.14. The average Bonchev–Trinajstić information content (AvgIpc) is 2.98. The average molecular weight is 243 g/mol. The van der Waals surface area contributed by atoms with Crippen molar-refractivity contribution < 1.29 is 4.52 Å². The normalized spacial score (nSPS) is 10.6. The molecule has 0 saturated heterocycles. The van der Waals surface area contributed by atoms with Gasteiger partial charge in [-0.05, 0) is 23.6 Å². The lowest BCUT2D eigenvalue weighted by atomic mass is 10.1. The molecule has 0 aromatic carbocycles. The van der Waals surface area contributed by atoms with Crippen LogP contribution >= 0.6 is 11.3 Å².